The summed E-state index contributed by atoms with van der Waals surface area (Å²) in [7, 11) is 1.36. The first kappa shape index (κ1) is 10.5. The summed E-state index contributed by atoms with van der Waals surface area (Å²) in [5.41, 5.74) is -0.576. The van der Waals surface area contributed by atoms with Crippen molar-refractivity contribution in [1.29, 1.82) is 0 Å². The second kappa shape index (κ2) is 2.96. The van der Waals surface area contributed by atoms with Crippen LogP contribution in [0.1, 0.15) is 32.1 Å². The van der Waals surface area contributed by atoms with Crippen molar-refractivity contribution >= 4 is 5.97 Å². The molecule has 4 heteroatoms. The van der Waals surface area contributed by atoms with Gasteiger partial charge in [0.25, 0.3) is 5.92 Å². The van der Waals surface area contributed by atoms with Crippen molar-refractivity contribution in [2.24, 2.45) is 23.2 Å². The van der Waals surface area contributed by atoms with Crippen LogP contribution in [0.25, 0.3) is 0 Å². The highest BCUT2D eigenvalue weighted by Gasteiger charge is 2.66. The van der Waals surface area contributed by atoms with E-state index in [0.29, 0.717) is 31.6 Å². The van der Waals surface area contributed by atoms with Gasteiger partial charge >= 0.3 is 5.97 Å². The molecule has 0 aromatic carbocycles. The largest absolute Gasteiger partial charge is 0.469 e. The Balaban J connectivity index is 1.96. The molecule has 4 aliphatic rings. The van der Waals surface area contributed by atoms with Gasteiger partial charge in [0.1, 0.15) is 0 Å². The normalized spacial score (nSPS) is 48.1. The Bertz CT molecular complexity index is 322. The molecule has 0 radical (unpaired) electrons. The van der Waals surface area contributed by atoms with Crippen LogP contribution in [0, 0.1) is 23.2 Å². The molecule has 90 valence electrons. The van der Waals surface area contributed by atoms with Crippen molar-refractivity contribution in [3.05, 3.63) is 0 Å². The number of carbonyl (C=O) groups is 1. The summed E-state index contributed by atoms with van der Waals surface area (Å²) in [6.45, 7) is 0. The Morgan fingerprint density at radius 2 is 1.75 bits per heavy atom. The number of alkyl halides is 2. The molecular formula is C12H16F2O2. The molecule has 0 amide bonds. The maximum Gasteiger partial charge on any atom is 0.311 e. The van der Waals surface area contributed by atoms with E-state index in [2.05, 4.69) is 0 Å². The number of hydrogen-bond acceptors (Lipinski definition) is 2. The molecule has 0 aromatic rings. The van der Waals surface area contributed by atoms with Gasteiger partial charge in [-0.2, -0.15) is 0 Å². The van der Waals surface area contributed by atoms with Crippen molar-refractivity contribution in [2.45, 2.75) is 38.0 Å². The summed E-state index contributed by atoms with van der Waals surface area (Å²) >= 11 is 0. The number of rotatable bonds is 1. The molecule has 0 saturated heterocycles. The first-order chi connectivity index (χ1) is 7.48. The Kier molecular flexibility index (Phi) is 1.94. The van der Waals surface area contributed by atoms with Crippen LogP contribution >= 0.6 is 0 Å². The molecule has 4 saturated carbocycles. The zero-order valence-corrected chi connectivity index (χ0v) is 9.34. The van der Waals surface area contributed by atoms with E-state index >= 15 is 0 Å². The topological polar surface area (TPSA) is 26.3 Å². The van der Waals surface area contributed by atoms with E-state index in [0.717, 1.165) is 6.42 Å². The lowest BCUT2D eigenvalue weighted by atomic mass is 9.48. The van der Waals surface area contributed by atoms with Crippen molar-refractivity contribution in [3.8, 4) is 0 Å². The van der Waals surface area contributed by atoms with Gasteiger partial charge in [-0.1, -0.05) is 0 Å². The van der Waals surface area contributed by atoms with E-state index in [1.165, 1.54) is 7.11 Å². The smallest absolute Gasteiger partial charge is 0.311 e. The Hall–Kier alpha value is -0.670. The molecule has 2 atom stereocenters. The van der Waals surface area contributed by atoms with Crippen LogP contribution in [0.15, 0.2) is 0 Å². The Morgan fingerprint density at radius 1 is 1.19 bits per heavy atom. The second-order valence-corrected chi connectivity index (χ2v) is 5.79. The van der Waals surface area contributed by atoms with Gasteiger partial charge in [-0.15, -0.1) is 0 Å². The fourth-order valence-corrected chi connectivity index (χ4v) is 4.37. The van der Waals surface area contributed by atoms with E-state index in [1.807, 2.05) is 0 Å². The third kappa shape index (κ3) is 1.13. The van der Waals surface area contributed by atoms with Gasteiger partial charge in [0.15, 0.2) is 0 Å². The van der Waals surface area contributed by atoms with Gasteiger partial charge in [-0.3, -0.25) is 4.79 Å². The summed E-state index contributed by atoms with van der Waals surface area (Å²) in [5.74, 6) is -3.66. The highest BCUT2D eigenvalue weighted by atomic mass is 19.3. The molecule has 0 heterocycles. The minimum absolute atomic E-state index is 0.262. The van der Waals surface area contributed by atoms with Gasteiger partial charge in [0.2, 0.25) is 0 Å². The maximum atomic E-state index is 13.9. The number of esters is 1. The van der Waals surface area contributed by atoms with Gasteiger partial charge < -0.3 is 4.74 Å². The molecule has 4 aliphatic carbocycles. The average Bonchev–Trinajstić information content (AvgIpc) is 2.24. The fourth-order valence-electron chi connectivity index (χ4n) is 4.37. The fraction of sp³-hybridized carbons (Fsp3) is 0.917. The van der Waals surface area contributed by atoms with Crippen LogP contribution in [0.2, 0.25) is 0 Å². The zero-order chi connectivity index (χ0) is 11.6. The highest BCUT2D eigenvalue weighted by molar-refractivity contribution is 5.77. The molecule has 0 N–H and O–H groups in total. The quantitative estimate of drug-likeness (QED) is 0.647. The number of methoxy groups -OCH3 is 1. The van der Waals surface area contributed by atoms with E-state index < -0.39 is 23.2 Å². The lowest BCUT2D eigenvalue weighted by molar-refractivity contribution is -0.231. The summed E-state index contributed by atoms with van der Waals surface area (Å²) in [4.78, 5) is 11.8. The lowest BCUT2D eigenvalue weighted by Gasteiger charge is -2.58. The molecular weight excluding hydrogens is 214 g/mol. The Morgan fingerprint density at radius 3 is 2.25 bits per heavy atom. The number of hydrogen-bond donors (Lipinski definition) is 0. The minimum atomic E-state index is -2.55. The molecule has 2 nitrogen and oxygen atoms in total. The number of halogens is 2. The first-order valence-corrected chi connectivity index (χ1v) is 5.94. The SMILES string of the molecule is COC(=O)C12CC3CC(C1)C(F)(F)C(C3)C2. The molecule has 0 aliphatic heterocycles. The maximum absolute atomic E-state index is 13.9. The molecule has 4 fully saturated rings. The lowest BCUT2D eigenvalue weighted by Crippen LogP contribution is -2.59. The van der Waals surface area contributed by atoms with E-state index in [9.17, 15) is 13.6 Å². The van der Waals surface area contributed by atoms with E-state index in [4.69, 9.17) is 4.74 Å². The van der Waals surface area contributed by atoms with Gasteiger partial charge in [0.05, 0.1) is 12.5 Å². The summed E-state index contributed by atoms with van der Waals surface area (Å²) in [5, 5.41) is 0. The monoisotopic (exact) mass is 230 g/mol. The van der Waals surface area contributed by atoms with Crippen LogP contribution in [-0.2, 0) is 9.53 Å². The molecule has 0 aromatic heterocycles. The van der Waals surface area contributed by atoms with Crippen LogP contribution < -0.4 is 0 Å². The predicted molar refractivity (Wildman–Crippen MR) is 53.0 cm³/mol. The average molecular weight is 230 g/mol. The minimum Gasteiger partial charge on any atom is -0.469 e. The third-order valence-corrected chi connectivity index (χ3v) is 4.90. The van der Waals surface area contributed by atoms with Crippen LogP contribution in [0.4, 0.5) is 8.78 Å². The van der Waals surface area contributed by atoms with Crippen LogP contribution in [0.3, 0.4) is 0 Å². The molecule has 2 unspecified atom stereocenters. The second-order valence-electron chi connectivity index (χ2n) is 5.79. The van der Waals surface area contributed by atoms with Crippen LogP contribution in [-0.4, -0.2) is 19.0 Å². The number of carbonyl (C=O) groups excluding carboxylic acids is 1. The van der Waals surface area contributed by atoms with Gasteiger partial charge in [-0.05, 0) is 38.0 Å². The van der Waals surface area contributed by atoms with E-state index in [1.54, 1.807) is 0 Å². The van der Waals surface area contributed by atoms with Gasteiger partial charge in [-0.25, -0.2) is 8.78 Å². The standard InChI is InChI=1S/C12H16F2O2/c1-16-10(15)11-4-7-2-8(5-11)12(13,14)9(3-7)6-11/h7-9H,2-6H2,1H3. The third-order valence-electron chi connectivity index (χ3n) is 4.90. The highest BCUT2D eigenvalue weighted by Crippen LogP contribution is 2.65. The van der Waals surface area contributed by atoms with E-state index in [-0.39, 0.29) is 5.97 Å². The Labute approximate surface area is 93.3 Å². The van der Waals surface area contributed by atoms with Crippen molar-refractivity contribution < 1.29 is 18.3 Å². The molecule has 4 rings (SSSR count). The zero-order valence-electron chi connectivity index (χ0n) is 9.34. The summed E-state index contributed by atoms with van der Waals surface area (Å²) in [6.07, 6.45) is 2.63. The number of ether oxygens (including phenoxy) is 1. The summed E-state index contributed by atoms with van der Waals surface area (Å²) in [6, 6.07) is 0. The van der Waals surface area contributed by atoms with Crippen molar-refractivity contribution in [3.63, 3.8) is 0 Å². The predicted octanol–water partition coefficient (Wildman–Crippen LogP) is 2.62. The van der Waals surface area contributed by atoms with Crippen LogP contribution in [0.5, 0.6) is 0 Å². The van der Waals surface area contributed by atoms with Crippen molar-refractivity contribution in [1.82, 2.24) is 0 Å². The van der Waals surface area contributed by atoms with Crippen molar-refractivity contribution in [2.75, 3.05) is 7.11 Å². The molecule has 0 spiro atoms. The van der Waals surface area contributed by atoms with Gasteiger partial charge in [0, 0.05) is 11.8 Å². The first-order valence-electron chi connectivity index (χ1n) is 5.94. The molecule has 16 heavy (non-hydrogen) atoms. The molecule has 4 bridgehead atoms. The summed E-state index contributed by atoms with van der Waals surface area (Å²) < 4.78 is 32.6.